The number of aliphatic hydroxyl groups excluding tert-OH is 1. The number of rotatable bonds is 6. The number of nitrogens with one attached hydrogen (secondary N) is 2. The van der Waals surface area contributed by atoms with Crippen LogP contribution in [0.4, 0.5) is 0 Å². The van der Waals surface area contributed by atoms with Crippen LogP contribution >= 0.6 is 0 Å². The van der Waals surface area contributed by atoms with E-state index >= 15 is 0 Å². The number of aliphatic hydroxyl groups is 1. The van der Waals surface area contributed by atoms with E-state index in [1.165, 1.54) is 20.2 Å². The largest absolute Gasteiger partial charge is 0.467 e. The van der Waals surface area contributed by atoms with Crippen LogP contribution in [0.2, 0.25) is 0 Å². The SMILES string of the molecule is COC(=O)[C@H](C)NC(=O)[C@H](CO)NC(=O)c1cnc2ccccc2n1. The molecule has 0 bridgehead atoms. The Balaban J connectivity index is 2.07. The molecule has 2 atom stereocenters. The molecular formula is C16H18N4O5. The zero-order valence-electron chi connectivity index (χ0n) is 13.7. The van der Waals surface area contributed by atoms with Crippen LogP contribution in [0.5, 0.6) is 0 Å². The molecule has 25 heavy (non-hydrogen) atoms. The molecule has 0 unspecified atom stereocenters. The predicted octanol–water partition coefficient (Wildman–Crippen LogP) is -0.602. The van der Waals surface area contributed by atoms with Gasteiger partial charge in [-0.3, -0.25) is 14.6 Å². The van der Waals surface area contributed by atoms with Gasteiger partial charge in [0.1, 0.15) is 17.8 Å². The number of esters is 1. The fourth-order valence-electron chi connectivity index (χ4n) is 2.04. The molecule has 9 heteroatoms. The first-order valence-corrected chi connectivity index (χ1v) is 7.48. The van der Waals surface area contributed by atoms with Crippen LogP contribution in [-0.4, -0.2) is 58.7 Å². The average Bonchev–Trinajstić information content (AvgIpc) is 2.64. The Bertz CT molecular complexity index is 795. The predicted molar refractivity (Wildman–Crippen MR) is 87.5 cm³/mol. The number of benzene rings is 1. The molecule has 3 N–H and O–H groups in total. The van der Waals surface area contributed by atoms with Gasteiger partial charge in [0.05, 0.1) is 30.9 Å². The van der Waals surface area contributed by atoms with E-state index in [0.717, 1.165) is 0 Å². The molecule has 0 saturated carbocycles. The quantitative estimate of drug-likeness (QED) is 0.595. The van der Waals surface area contributed by atoms with Crippen molar-refractivity contribution in [2.75, 3.05) is 13.7 Å². The maximum absolute atomic E-state index is 12.2. The summed E-state index contributed by atoms with van der Waals surface area (Å²) >= 11 is 0. The molecule has 2 aromatic rings. The number of hydrogen-bond donors (Lipinski definition) is 3. The standard InChI is InChI=1S/C16H18N4O5/c1-9(16(24)25-2)18-15(23)13(8-21)20-14(22)12-7-17-10-5-3-4-6-11(10)19-12/h3-7,9,13,21H,8H2,1-2H3,(H,18,23)(H,20,22)/t9-,13-/m0/s1. The molecule has 2 amide bonds. The van der Waals surface area contributed by atoms with Crippen LogP contribution in [0, 0.1) is 0 Å². The second kappa shape index (κ2) is 8.15. The van der Waals surface area contributed by atoms with Crippen molar-refractivity contribution in [3.05, 3.63) is 36.2 Å². The summed E-state index contributed by atoms with van der Waals surface area (Å²) in [5.41, 5.74) is 1.16. The molecule has 0 saturated heterocycles. The number of aromatic nitrogens is 2. The number of ether oxygens (including phenoxy) is 1. The van der Waals surface area contributed by atoms with Gasteiger partial charge in [0, 0.05) is 0 Å². The average molecular weight is 346 g/mol. The summed E-state index contributed by atoms with van der Waals surface area (Å²) in [6.45, 7) is 0.779. The van der Waals surface area contributed by atoms with E-state index in [1.54, 1.807) is 24.3 Å². The number of hydrogen-bond acceptors (Lipinski definition) is 7. The Morgan fingerprint density at radius 2 is 1.88 bits per heavy atom. The van der Waals surface area contributed by atoms with Gasteiger partial charge in [-0.05, 0) is 19.1 Å². The van der Waals surface area contributed by atoms with Crippen LogP contribution < -0.4 is 10.6 Å². The first-order valence-electron chi connectivity index (χ1n) is 7.48. The summed E-state index contributed by atoms with van der Waals surface area (Å²) in [7, 11) is 1.19. The number of para-hydroxylation sites is 2. The lowest BCUT2D eigenvalue weighted by molar-refractivity contribution is -0.144. The Morgan fingerprint density at radius 1 is 1.20 bits per heavy atom. The first kappa shape index (κ1) is 18.3. The van der Waals surface area contributed by atoms with Gasteiger partial charge in [0.2, 0.25) is 5.91 Å². The summed E-state index contributed by atoms with van der Waals surface area (Å²) in [6, 6.07) is 4.86. The number of carbonyl (C=O) groups is 3. The monoisotopic (exact) mass is 346 g/mol. The van der Waals surface area contributed by atoms with E-state index in [-0.39, 0.29) is 5.69 Å². The van der Waals surface area contributed by atoms with Crippen molar-refractivity contribution >= 4 is 28.8 Å². The highest BCUT2D eigenvalue weighted by Crippen LogP contribution is 2.08. The number of methoxy groups -OCH3 is 1. The molecular weight excluding hydrogens is 328 g/mol. The Kier molecular flexibility index (Phi) is 5.96. The van der Waals surface area contributed by atoms with Crippen LogP contribution in [0.3, 0.4) is 0 Å². The summed E-state index contributed by atoms with van der Waals surface area (Å²) in [5, 5.41) is 14.0. The number of carbonyl (C=O) groups excluding carboxylic acids is 3. The molecule has 2 rings (SSSR count). The molecule has 0 spiro atoms. The van der Waals surface area contributed by atoms with E-state index in [4.69, 9.17) is 0 Å². The Hall–Kier alpha value is -3.07. The van der Waals surface area contributed by atoms with Crippen LogP contribution in [-0.2, 0) is 14.3 Å². The highest BCUT2D eigenvalue weighted by Gasteiger charge is 2.25. The van der Waals surface area contributed by atoms with E-state index in [0.29, 0.717) is 11.0 Å². The van der Waals surface area contributed by atoms with Gasteiger partial charge in [-0.15, -0.1) is 0 Å². The van der Waals surface area contributed by atoms with Crippen molar-refractivity contribution in [1.29, 1.82) is 0 Å². The molecule has 132 valence electrons. The van der Waals surface area contributed by atoms with Gasteiger partial charge < -0.3 is 20.5 Å². The van der Waals surface area contributed by atoms with Crippen molar-refractivity contribution in [1.82, 2.24) is 20.6 Å². The van der Waals surface area contributed by atoms with Crippen LogP contribution in [0.15, 0.2) is 30.5 Å². The molecule has 1 heterocycles. The van der Waals surface area contributed by atoms with Gasteiger partial charge in [-0.25, -0.2) is 9.78 Å². The molecule has 1 aromatic carbocycles. The number of amides is 2. The third-order valence-electron chi connectivity index (χ3n) is 3.40. The molecule has 0 aliphatic heterocycles. The van der Waals surface area contributed by atoms with Gasteiger partial charge in [-0.1, -0.05) is 12.1 Å². The zero-order chi connectivity index (χ0) is 18.4. The van der Waals surface area contributed by atoms with Crippen molar-refractivity contribution in [3.8, 4) is 0 Å². The lowest BCUT2D eigenvalue weighted by Crippen LogP contribution is -2.52. The minimum absolute atomic E-state index is 0.00552. The van der Waals surface area contributed by atoms with Gasteiger partial charge in [0.15, 0.2) is 0 Å². The maximum Gasteiger partial charge on any atom is 0.328 e. The lowest BCUT2D eigenvalue weighted by Gasteiger charge is -2.18. The van der Waals surface area contributed by atoms with Gasteiger partial charge in [0.25, 0.3) is 5.91 Å². The van der Waals surface area contributed by atoms with E-state index in [1.807, 2.05) is 0 Å². The topological polar surface area (TPSA) is 131 Å². The summed E-state index contributed by atoms with van der Waals surface area (Å²) in [5.74, 6) is -2.03. The van der Waals surface area contributed by atoms with E-state index < -0.39 is 36.5 Å². The van der Waals surface area contributed by atoms with Crippen LogP contribution in [0.25, 0.3) is 11.0 Å². The highest BCUT2D eigenvalue weighted by molar-refractivity contribution is 5.97. The van der Waals surface area contributed by atoms with E-state index in [9.17, 15) is 19.5 Å². The lowest BCUT2D eigenvalue weighted by atomic mass is 10.2. The third kappa shape index (κ3) is 4.48. The van der Waals surface area contributed by atoms with Gasteiger partial charge in [-0.2, -0.15) is 0 Å². The highest BCUT2D eigenvalue weighted by atomic mass is 16.5. The molecule has 1 aromatic heterocycles. The molecule has 0 aliphatic carbocycles. The summed E-state index contributed by atoms with van der Waals surface area (Å²) in [4.78, 5) is 43.9. The zero-order valence-corrected chi connectivity index (χ0v) is 13.7. The van der Waals surface area contributed by atoms with Crippen molar-refractivity contribution < 1.29 is 24.2 Å². The Labute approximate surface area is 143 Å². The van der Waals surface area contributed by atoms with Crippen molar-refractivity contribution in [2.24, 2.45) is 0 Å². The summed E-state index contributed by atoms with van der Waals surface area (Å²) in [6.07, 6.45) is 1.28. The van der Waals surface area contributed by atoms with Crippen molar-refractivity contribution in [3.63, 3.8) is 0 Å². The summed E-state index contributed by atoms with van der Waals surface area (Å²) < 4.78 is 4.50. The van der Waals surface area contributed by atoms with E-state index in [2.05, 4.69) is 25.3 Å². The molecule has 0 radical (unpaired) electrons. The Morgan fingerprint density at radius 3 is 2.52 bits per heavy atom. The maximum atomic E-state index is 12.2. The number of nitrogens with zero attached hydrogens (tertiary/aromatic N) is 2. The molecule has 0 aliphatic rings. The minimum atomic E-state index is -1.24. The van der Waals surface area contributed by atoms with Crippen LogP contribution in [0.1, 0.15) is 17.4 Å². The second-order valence-electron chi connectivity index (χ2n) is 5.21. The fraction of sp³-hybridized carbons (Fsp3) is 0.312. The van der Waals surface area contributed by atoms with Crippen molar-refractivity contribution in [2.45, 2.75) is 19.0 Å². The van der Waals surface area contributed by atoms with Gasteiger partial charge >= 0.3 is 5.97 Å². The fourth-order valence-corrected chi connectivity index (χ4v) is 2.04. The molecule has 0 fully saturated rings. The second-order valence-corrected chi connectivity index (χ2v) is 5.21. The minimum Gasteiger partial charge on any atom is -0.467 e. The third-order valence-corrected chi connectivity index (χ3v) is 3.40. The normalized spacial score (nSPS) is 12.9. The molecule has 9 nitrogen and oxygen atoms in total. The number of fused-ring (bicyclic) bond motifs is 1. The smallest absolute Gasteiger partial charge is 0.328 e. The first-order chi connectivity index (χ1) is 12.0.